The SMILES string of the molecule is CC(=O)OCC(C)(C)C(=O)CN1C2CC=CCC2C(c2ccccn2)=N[C@@H](N)C1O. The van der Waals surface area contributed by atoms with Crippen LogP contribution in [0.5, 0.6) is 0 Å². The molecule has 0 bridgehead atoms. The molecule has 3 rings (SSSR count). The Balaban J connectivity index is 1.88. The second-order valence-corrected chi connectivity index (χ2v) is 8.51. The summed E-state index contributed by atoms with van der Waals surface area (Å²) in [5, 5.41) is 11.0. The molecule has 2 heterocycles. The summed E-state index contributed by atoms with van der Waals surface area (Å²) in [6.07, 6.45) is 5.22. The van der Waals surface area contributed by atoms with Gasteiger partial charge in [-0.25, -0.2) is 0 Å². The highest BCUT2D eigenvalue weighted by atomic mass is 16.5. The standard InChI is InChI=1S/C22H30N4O4/c1-14(27)30-13-22(2,3)18(28)12-26-17-10-5-4-8-15(17)19(25-20(23)21(26)29)16-9-6-7-11-24-16/h4-7,9,11,15,17,20-21,29H,8,10,12-13,23H2,1-3H3/t15?,17?,20-,21?/m1/s1. The van der Waals surface area contributed by atoms with Crippen LogP contribution in [-0.2, 0) is 14.3 Å². The summed E-state index contributed by atoms with van der Waals surface area (Å²) in [6.45, 7) is 4.75. The number of aliphatic imine (C=N–C) groups is 1. The number of hydrogen-bond acceptors (Lipinski definition) is 8. The molecule has 0 amide bonds. The lowest BCUT2D eigenvalue weighted by Gasteiger charge is -2.40. The Kier molecular flexibility index (Phi) is 6.80. The summed E-state index contributed by atoms with van der Waals surface area (Å²) in [7, 11) is 0. The van der Waals surface area contributed by atoms with Gasteiger partial charge in [0, 0.05) is 25.1 Å². The highest BCUT2D eigenvalue weighted by molar-refractivity contribution is 6.01. The van der Waals surface area contributed by atoms with Gasteiger partial charge in [-0.3, -0.25) is 24.5 Å². The average molecular weight is 415 g/mol. The molecule has 4 atom stereocenters. The maximum absolute atomic E-state index is 13.1. The molecule has 0 radical (unpaired) electrons. The van der Waals surface area contributed by atoms with E-state index >= 15 is 0 Å². The number of Topliss-reactive ketones (excluding diaryl/α,β-unsaturated/α-hetero) is 1. The number of nitrogens with two attached hydrogens (primary N) is 1. The number of esters is 1. The lowest BCUT2D eigenvalue weighted by molar-refractivity contribution is -0.148. The van der Waals surface area contributed by atoms with Gasteiger partial charge < -0.3 is 15.6 Å². The molecule has 3 N–H and O–H groups in total. The van der Waals surface area contributed by atoms with Crippen molar-refractivity contribution < 1.29 is 19.4 Å². The van der Waals surface area contributed by atoms with Crippen LogP contribution in [0, 0.1) is 11.3 Å². The van der Waals surface area contributed by atoms with Gasteiger partial charge >= 0.3 is 5.97 Å². The topological polar surface area (TPSA) is 118 Å². The van der Waals surface area contributed by atoms with Gasteiger partial charge in [0.15, 0.2) is 5.78 Å². The highest BCUT2D eigenvalue weighted by Gasteiger charge is 2.43. The monoisotopic (exact) mass is 414 g/mol. The van der Waals surface area contributed by atoms with Gasteiger partial charge in [-0.05, 0) is 38.8 Å². The van der Waals surface area contributed by atoms with Crippen LogP contribution in [0.3, 0.4) is 0 Å². The van der Waals surface area contributed by atoms with Gasteiger partial charge in [0.2, 0.25) is 0 Å². The third-order valence-electron chi connectivity index (χ3n) is 5.75. The molecule has 8 nitrogen and oxygen atoms in total. The minimum absolute atomic E-state index is 0.0108. The van der Waals surface area contributed by atoms with Crippen LogP contribution in [0.2, 0.25) is 0 Å². The molecule has 0 spiro atoms. The number of carbonyl (C=O) groups is 2. The van der Waals surface area contributed by atoms with Crippen LogP contribution >= 0.6 is 0 Å². The van der Waals surface area contributed by atoms with Gasteiger partial charge in [0.1, 0.15) is 19.0 Å². The Bertz CT molecular complexity index is 837. The summed E-state index contributed by atoms with van der Waals surface area (Å²) >= 11 is 0. The number of aliphatic hydroxyl groups is 1. The van der Waals surface area contributed by atoms with Crippen LogP contribution in [0.25, 0.3) is 0 Å². The molecule has 0 saturated carbocycles. The quantitative estimate of drug-likeness (QED) is 0.532. The third-order valence-corrected chi connectivity index (χ3v) is 5.75. The number of pyridine rings is 1. The maximum atomic E-state index is 13.1. The van der Waals surface area contributed by atoms with Crippen LogP contribution in [0.4, 0.5) is 0 Å². The minimum atomic E-state index is -1.11. The number of aromatic nitrogens is 1. The number of fused-ring (bicyclic) bond motifs is 1. The number of nitrogens with zero attached hydrogens (tertiary/aromatic N) is 3. The van der Waals surface area contributed by atoms with Crippen molar-refractivity contribution in [1.82, 2.24) is 9.88 Å². The Morgan fingerprint density at radius 2 is 2.03 bits per heavy atom. The van der Waals surface area contributed by atoms with Crippen molar-refractivity contribution in [2.24, 2.45) is 22.1 Å². The van der Waals surface area contributed by atoms with Crippen molar-refractivity contribution in [2.45, 2.75) is 52.0 Å². The molecule has 2 aliphatic rings. The lowest BCUT2D eigenvalue weighted by atomic mass is 9.82. The second kappa shape index (κ2) is 9.16. The lowest BCUT2D eigenvalue weighted by Crippen LogP contribution is -2.55. The summed E-state index contributed by atoms with van der Waals surface area (Å²) < 4.78 is 5.06. The molecule has 1 aliphatic carbocycles. The van der Waals surface area contributed by atoms with Crippen LogP contribution in [0.1, 0.15) is 39.3 Å². The van der Waals surface area contributed by atoms with E-state index in [9.17, 15) is 14.7 Å². The highest BCUT2D eigenvalue weighted by Crippen LogP contribution is 2.33. The van der Waals surface area contributed by atoms with Crippen molar-refractivity contribution in [3.8, 4) is 0 Å². The summed E-state index contributed by atoms with van der Waals surface area (Å²) in [5.41, 5.74) is 6.83. The van der Waals surface area contributed by atoms with E-state index in [4.69, 9.17) is 10.5 Å². The third kappa shape index (κ3) is 4.83. The van der Waals surface area contributed by atoms with E-state index in [2.05, 4.69) is 22.1 Å². The normalized spacial score (nSPS) is 27.0. The van der Waals surface area contributed by atoms with Crippen molar-refractivity contribution in [2.75, 3.05) is 13.2 Å². The molecular weight excluding hydrogens is 384 g/mol. The molecule has 0 aromatic carbocycles. The largest absolute Gasteiger partial charge is 0.465 e. The Hall–Kier alpha value is -2.42. The van der Waals surface area contributed by atoms with Crippen molar-refractivity contribution in [3.63, 3.8) is 0 Å². The van der Waals surface area contributed by atoms with Gasteiger partial charge in [-0.15, -0.1) is 0 Å². The van der Waals surface area contributed by atoms with Gasteiger partial charge in [-0.2, -0.15) is 0 Å². The van der Waals surface area contributed by atoms with Crippen molar-refractivity contribution in [1.29, 1.82) is 0 Å². The van der Waals surface area contributed by atoms with E-state index in [0.29, 0.717) is 6.42 Å². The number of hydrogen-bond donors (Lipinski definition) is 2. The first-order valence-electron chi connectivity index (χ1n) is 10.2. The zero-order chi connectivity index (χ0) is 21.9. The zero-order valence-corrected chi connectivity index (χ0v) is 17.7. The molecule has 1 aromatic heterocycles. The van der Waals surface area contributed by atoms with Crippen LogP contribution in [-0.4, -0.2) is 64.0 Å². The predicted octanol–water partition coefficient (Wildman–Crippen LogP) is 1.28. The summed E-state index contributed by atoms with van der Waals surface area (Å²) in [5.74, 6) is -0.610. The van der Waals surface area contributed by atoms with Crippen molar-refractivity contribution >= 4 is 17.5 Å². The Labute approximate surface area is 176 Å². The number of carbonyl (C=O) groups excluding carboxylic acids is 2. The Morgan fingerprint density at radius 3 is 2.70 bits per heavy atom. The molecule has 1 aromatic rings. The average Bonchev–Trinajstić information content (AvgIpc) is 2.83. The molecule has 0 saturated heterocycles. The number of ether oxygens (including phenoxy) is 1. The minimum Gasteiger partial charge on any atom is -0.465 e. The van der Waals surface area contributed by atoms with E-state index < -0.39 is 23.8 Å². The second-order valence-electron chi connectivity index (χ2n) is 8.51. The molecular formula is C22H30N4O4. The fourth-order valence-electron chi connectivity index (χ4n) is 3.90. The predicted molar refractivity (Wildman–Crippen MR) is 113 cm³/mol. The first kappa shape index (κ1) is 22.3. The number of allylic oxidation sites excluding steroid dienone is 1. The molecule has 30 heavy (non-hydrogen) atoms. The first-order chi connectivity index (χ1) is 14.2. The fraction of sp³-hybridized carbons (Fsp3) is 0.545. The summed E-state index contributed by atoms with van der Waals surface area (Å²) in [4.78, 5) is 35.1. The number of rotatable bonds is 6. The van der Waals surface area contributed by atoms with E-state index in [0.717, 1.165) is 17.8 Å². The van der Waals surface area contributed by atoms with E-state index in [1.54, 1.807) is 24.9 Å². The van der Waals surface area contributed by atoms with Gasteiger partial charge in [0.25, 0.3) is 0 Å². The van der Waals surface area contributed by atoms with Crippen LogP contribution < -0.4 is 5.73 Å². The molecule has 1 aliphatic heterocycles. The molecule has 3 unspecified atom stereocenters. The van der Waals surface area contributed by atoms with E-state index in [1.807, 2.05) is 18.2 Å². The van der Waals surface area contributed by atoms with Crippen LogP contribution in [0.15, 0.2) is 41.5 Å². The van der Waals surface area contributed by atoms with Gasteiger partial charge in [0.05, 0.1) is 23.4 Å². The molecule has 0 fully saturated rings. The van der Waals surface area contributed by atoms with E-state index in [1.165, 1.54) is 6.92 Å². The zero-order valence-electron chi connectivity index (χ0n) is 17.7. The van der Waals surface area contributed by atoms with Gasteiger partial charge in [-0.1, -0.05) is 18.2 Å². The first-order valence-corrected chi connectivity index (χ1v) is 10.2. The smallest absolute Gasteiger partial charge is 0.302 e. The number of ketones is 1. The fourth-order valence-corrected chi connectivity index (χ4v) is 3.90. The Morgan fingerprint density at radius 1 is 1.30 bits per heavy atom. The molecule has 162 valence electrons. The van der Waals surface area contributed by atoms with E-state index in [-0.39, 0.29) is 30.9 Å². The van der Waals surface area contributed by atoms with Crippen molar-refractivity contribution in [3.05, 3.63) is 42.2 Å². The molecule has 8 heteroatoms. The maximum Gasteiger partial charge on any atom is 0.302 e. The summed E-state index contributed by atoms with van der Waals surface area (Å²) in [6, 6.07) is 5.47. The number of aliphatic hydroxyl groups excluding tert-OH is 1.